The summed E-state index contributed by atoms with van der Waals surface area (Å²) in [6.45, 7) is 7.55. The van der Waals surface area contributed by atoms with Crippen molar-refractivity contribution in [2.75, 3.05) is 13.1 Å². The zero-order chi connectivity index (χ0) is 24.2. The fraction of sp³-hybridized carbons (Fsp3) is 0.571. The molecule has 1 atom stereocenters. The first-order valence-electron chi connectivity index (χ1n) is 10.5. The van der Waals surface area contributed by atoms with Crippen molar-refractivity contribution in [3.63, 3.8) is 0 Å². The highest BCUT2D eigenvalue weighted by Crippen LogP contribution is 2.54. The minimum absolute atomic E-state index is 0.0293. The van der Waals surface area contributed by atoms with Gasteiger partial charge in [0, 0.05) is 18.1 Å². The van der Waals surface area contributed by atoms with Gasteiger partial charge >= 0.3 is 21.7 Å². The van der Waals surface area contributed by atoms with Crippen LogP contribution in [0.2, 0.25) is 23.2 Å². The number of halogens is 3. The highest BCUT2D eigenvalue weighted by molar-refractivity contribution is 7.87. The van der Waals surface area contributed by atoms with Crippen molar-refractivity contribution in [1.29, 1.82) is 0 Å². The second-order valence-electron chi connectivity index (χ2n) is 8.15. The molecular formula is C21H30F3NO5SSi. The zero-order valence-electron chi connectivity index (χ0n) is 18.7. The third kappa shape index (κ3) is 5.14. The van der Waals surface area contributed by atoms with E-state index < -0.39 is 34.8 Å². The van der Waals surface area contributed by atoms with Crippen LogP contribution in [0, 0.1) is 0 Å². The van der Waals surface area contributed by atoms with Crippen LogP contribution >= 0.6 is 0 Å². The van der Waals surface area contributed by atoms with E-state index in [0.29, 0.717) is 18.1 Å². The third-order valence-electron chi connectivity index (χ3n) is 6.70. The molecule has 6 nitrogen and oxygen atoms in total. The first-order chi connectivity index (χ1) is 14.9. The van der Waals surface area contributed by atoms with Crippen LogP contribution in [0.1, 0.15) is 33.3 Å². The fourth-order valence-corrected chi connectivity index (χ4v) is 10.2. The van der Waals surface area contributed by atoms with Gasteiger partial charge in [-0.1, -0.05) is 76.2 Å². The number of alkyl halides is 3. The van der Waals surface area contributed by atoms with Crippen molar-refractivity contribution in [3.05, 3.63) is 47.7 Å². The number of carbonyl (C=O) groups excluding carboxylic acids is 1. The molecule has 1 amide bonds. The van der Waals surface area contributed by atoms with E-state index >= 15 is 0 Å². The first kappa shape index (κ1) is 26.2. The summed E-state index contributed by atoms with van der Waals surface area (Å²) in [4.78, 5) is 14.2. The van der Waals surface area contributed by atoms with Crippen LogP contribution in [-0.2, 0) is 25.6 Å². The van der Waals surface area contributed by atoms with E-state index in [9.17, 15) is 26.4 Å². The van der Waals surface area contributed by atoms with E-state index in [1.54, 1.807) is 6.92 Å². The topological polar surface area (TPSA) is 72.9 Å². The van der Waals surface area contributed by atoms with Gasteiger partial charge in [-0.15, -0.1) is 0 Å². The lowest BCUT2D eigenvalue weighted by atomic mass is 10.0. The number of nitrogens with zero attached hydrogens (tertiary/aromatic N) is 1. The number of amides is 1. The predicted molar refractivity (Wildman–Crippen MR) is 118 cm³/mol. The van der Waals surface area contributed by atoms with Crippen molar-refractivity contribution in [3.8, 4) is 0 Å². The molecule has 1 aliphatic heterocycles. The Kier molecular flexibility index (Phi) is 8.09. The maximum atomic E-state index is 13.0. The average molecular weight is 494 g/mol. The highest BCUT2D eigenvalue weighted by atomic mass is 32.2. The monoisotopic (exact) mass is 493 g/mol. The Bertz CT molecular complexity index is 924. The van der Waals surface area contributed by atoms with Crippen molar-refractivity contribution in [2.45, 2.75) is 63.0 Å². The number of benzene rings is 1. The van der Waals surface area contributed by atoms with Gasteiger partial charge in [-0.2, -0.15) is 21.6 Å². The molecule has 1 aromatic rings. The summed E-state index contributed by atoms with van der Waals surface area (Å²) < 4.78 is 72.8. The van der Waals surface area contributed by atoms with Crippen molar-refractivity contribution >= 4 is 24.3 Å². The van der Waals surface area contributed by atoms with Crippen LogP contribution < -0.4 is 0 Å². The van der Waals surface area contributed by atoms with Gasteiger partial charge in [0.25, 0.3) is 0 Å². The van der Waals surface area contributed by atoms with Gasteiger partial charge in [0.1, 0.15) is 12.4 Å². The standard InChI is InChI=1S/C21H30F3NO5SSi/c1-5-32(6-2,7-3)20(4)16-25(19(26)29-15-17-11-9-8-10-12-17)14-13-18(20)30-31(27,28)21(22,23)24/h8-13H,5-7,14-16H2,1-4H3. The molecule has 1 aromatic carbocycles. The maximum Gasteiger partial charge on any atom is 0.534 e. The first-order valence-corrected chi connectivity index (χ1v) is 14.6. The average Bonchev–Trinajstić information content (AvgIpc) is 2.75. The normalized spacial score (nSPS) is 20.0. The lowest BCUT2D eigenvalue weighted by Crippen LogP contribution is -2.55. The molecule has 1 heterocycles. The Morgan fingerprint density at radius 2 is 1.69 bits per heavy atom. The minimum atomic E-state index is -5.82. The van der Waals surface area contributed by atoms with E-state index in [4.69, 9.17) is 8.92 Å². The molecule has 1 aliphatic rings. The van der Waals surface area contributed by atoms with E-state index in [1.165, 1.54) is 11.0 Å². The highest BCUT2D eigenvalue weighted by Gasteiger charge is 2.56. The number of rotatable bonds is 8. The van der Waals surface area contributed by atoms with E-state index in [0.717, 1.165) is 5.56 Å². The third-order valence-corrected chi connectivity index (χ3v) is 14.5. The Morgan fingerprint density at radius 1 is 1.12 bits per heavy atom. The molecule has 0 spiro atoms. The Labute approximate surface area is 188 Å². The van der Waals surface area contributed by atoms with Gasteiger partial charge in [-0.3, -0.25) is 0 Å². The van der Waals surface area contributed by atoms with Crippen molar-refractivity contribution < 1.29 is 35.3 Å². The molecule has 0 radical (unpaired) electrons. The van der Waals surface area contributed by atoms with Gasteiger partial charge in [-0.25, -0.2) is 4.79 Å². The van der Waals surface area contributed by atoms with Gasteiger partial charge in [0.2, 0.25) is 0 Å². The van der Waals surface area contributed by atoms with E-state index in [2.05, 4.69) is 0 Å². The summed E-state index contributed by atoms with van der Waals surface area (Å²) in [6.07, 6.45) is 0.666. The van der Waals surface area contributed by atoms with Crippen LogP contribution in [0.5, 0.6) is 0 Å². The Balaban J connectivity index is 2.37. The van der Waals surface area contributed by atoms with Gasteiger partial charge in [0.15, 0.2) is 0 Å². The molecule has 0 aromatic heterocycles. The molecule has 180 valence electrons. The number of carbonyl (C=O) groups is 1. The second-order valence-corrected chi connectivity index (χ2v) is 15.5. The quantitative estimate of drug-likeness (QED) is 0.266. The number of ether oxygens (including phenoxy) is 1. The molecule has 2 rings (SSSR count). The molecule has 0 fully saturated rings. The Morgan fingerprint density at radius 3 is 2.19 bits per heavy atom. The summed E-state index contributed by atoms with van der Waals surface area (Å²) in [5.74, 6) is -0.223. The summed E-state index contributed by atoms with van der Waals surface area (Å²) >= 11 is 0. The minimum Gasteiger partial charge on any atom is -0.445 e. The van der Waals surface area contributed by atoms with Crippen molar-refractivity contribution in [1.82, 2.24) is 4.90 Å². The van der Waals surface area contributed by atoms with Crippen LogP contribution in [-0.4, -0.2) is 46.1 Å². The molecule has 1 unspecified atom stereocenters. The summed E-state index contributed by atoms with van der Waals surface area (Å²) in [5, 5.41) is -1.03. The molecule has 0 N–H and O–H groups in total. The Hall–Kier alpha value is -2.01. The molecular weight excluding hydrogens is 463 g/mol. The molecule has 0 saturated carbocycles. The maximum absolute atomic E-state index is 13.0. The summed E-state index contributed by atoms with van der Waals surface area (Å²) in [5.41, 5.74) is -4.73. The molecule has 0 bridgehead atoms. The van der Waals surface area contributed by atoms with Crippen LogP contribution in [0.25, 0.3) is 0 Å². The molecule has 0 saturated heterocycles. The summed E-state index contributed by atoms with van der Waals surface area (Å²) in [6, 6.07) is 11.2. The van der Waals surface area contributed by atoms with Gasteiger partial charge in [-0.05, 0) is 11.6 Å². The van der Waals surface area contributed by atoms with Crippen LogP contribution in [0.3, 0.4) is 0 Å². The largest absolute Gasteiger partial charge is 0.534 e. The molecule has 32 heavy (non-hydrogen) atoms. The lowest BCUT2D eigenvalue weighted by Gasteiger charge is -2.50. The van der Waals surface area contributed by atoms with Crippen molar-refractivity contribution in [2.24, 2.45) is 0 Å². The summed E-state index contributed by atoms with van der Waals surface area (Å²) in [7, 11) is -8.23. The molecule has 0 aliphatic carbocycles. The SMILES string of the molecule is CC[Si](CC)(CC)C1(C)CN(C(=O)OCc2ccccc2)CC=C1OS(=O)(=O)C(F)(F)F. The van der Waals surface area contributed by atoms with Gasteiger partial charge < -0.3 is 13.8 Å². The van der Waals surface area contributed by atoms with Gasteiger partial charge in [0.05, 0.1) is 8.07 Å². The molecule has 11 heteroatoms. The number of hydrogen-bond acceptors (Lipinski definition) is 5. The smallest absolute Gasteiger partial charge is 0.445 e. The predicted octanol–water partition coefficient (Wildman–Crippen LogP) is 5.66. The van der Waals surface area contributed by atoms with Crippen LogP contribution in [0.4, 0.5) is 18.0 Å². The zero-order valence-corrected chi connectivity index (χ0v) is 20.6. The van der Waals surface area contributed by atoms with E-state index in [1.807, 2.05) is 51.1 Å². The fourth-order valence-electron chi connectivity index (χ4n) is 4.53. The van der Waals surface area contributed by atoms with Crippen LogP contribution in [0.15, 0.2) is 42.2 Å². The van der Waals surface area contributed by atoms with E-state index in [-0.39, 0.29) is 25.5 Å². The second kappa shape index (κ2) is 9.86. The lowest BCUT2D eigenvalue weighted by molar-refractivity contribution is -0.0528. The number of hydrogen-bond donors (Lipinski definition) is 0.